The largest absolute Gasteiger partial charge is 0.466 e. The number of benzene rings is 1. The van der Waals surface area contributed by atoms with Crippen LogP contribution in [0.1, 0.15) is 36.5 Å². The fraction of sp³-hybridized carbons (Fsp3) is 0.417. The number of aromatic nitrogens is 1. The summed E-state index contributed by atoms with van der Waals surface area (Å²) in [5.41, 5.74) is 2.41. The number of pyridine rings is 1. The molecule has 172 valence electrons. The maximum atomic E-state index is 13.5. The minimum Gasteiger partial charge on any atom is -0.466 e. The summed E-state index contributed by atoms with van der Waals surface area (Å²) in [5.74, 6) is -0.264. The molecule has 0 fully saturated rings. The zero-order chi connectivity index (χ0) is 23.1. The molecule has 0 atom stereocenters. The SMILES string of the molecule is CCOC(=O)CCN1CCC=C(c2cc(C(F)(F)F)ccc2N(C)Cc2cccnc2)C1. The van der Waals surface area contributed by atoms with Gasteiger partial charge in [-0.15, -0.1) is 0 Å². The lowest BCUT2D eigenvalue weighted by molar-refractivity contribution is -0.143. The van der Waals surface area contributed by atoms with Crippen molar-refractivity contribution in [2.45, 2.75) is 32.5 Å². The number of ether oxygens (including phenoxy) is 1. The van der Waals surface area contributed by atoms with E-state index in [4.69, 9.17) is 4.74 Å². The van der Waals surface area contributed by atoms with Crippen LogP contribution in [0.5, 0.6) is 0 Å². The van der Waals surface area contributed by atoms with E-state index in [2.05, 4.69) is 9.88 Å². The smallest absolute Gasteiger partial charge is 0.416 e. The minimum atomic E-state index is -4.42. The third-order valence-electron chi connectivity index (χ3n) is 5.39. The molecule has 0 aliphatic carbocycles. The molecule has 0 N–H and O–H groups in total. The molecule has 5 nitrogen and oxygen atoms in total. The van der Waals surface area contributed by atoms with Crippen molar-refractivity contribution in [2.24, 2.45) is 0 Å². The molecule has 1 aromatic heterocycles. The Morgan fingerprint density at radius 2 is 2.09 bits per heavy atom. The van der Waals surface area contributed by atoms with Gasteiger partial charge in [0.15, 0.2) is 0 Å². The highest BCUT2D eigenvalue weighted by molar-refractivity contribution is 5.79. The Balaban J connectivity index is 1.85. The first-order chi connectivity index (χ1) is 15.3. The Morgan fingerprint density at radius 3 is 2.78 bits per heavy atom. The molecule has 1 aliphatic heterocycles. The predicted octanol–water partition coefficient (Wildman–Crippen LogP) is 4.78. The van der Waals surface area contributed by atoms with E-state index >= 15 is 0 Å². The number of esters is 1. The molecule has 2 heterocycles. The van der Waals surface area contributed by atoms with Crippen molar-refractivity contribution < 1.29 is 22.7 Å². The third-order valence-corrected chi connectivity index (χ3v) is 5.39. The number of nitrogens with zero attached hydrogens (tertiary/aromatic N) is 3. The van der Waals surface area contributed by atoms with Gasteiger partial charge in [-0.2, -0.15) is 13.2 Å². The zero-order valence-corrected chi connectivity index (χ0v) is 18.4. The maximum absolute atomic E-state index is 13.5. The van der Waals surface area contributed by atoms with E-state index in [1.54, 1.807) is 19.3 Å². The van der Waals surface area contributed by atoms with Crippen LogP contribution in [0.25, 0.3) is 5.57 Å². The molecular formula is C24H28F3N3O2. The van der Waals surface area contributed by atoms with Gasteiger partial charge in [0.2, 0.25) is 0 Å². The molecule has 0 saturated carbocycles. The molecule has 0 unspecified atom stereocenters. The number of halogens is 3. The first-order valence-electron chi connectivity index (χ1n) is 10.7. The second-order valence-electron chi connectivity index (χ2n) is 7.80. The summed E-state index contributed by atoms with van der Waals surface area (Å²) in [6, 6.07) is 7.66. The summed E-state index contributed by atoms with van der Waals surface area (Å²) in [5, 5.41) is 0. The fourth-order valence-electron chi connectivity index (χ4n) is 3.83. The summed E-state index contributed by atoms with van der Waals surface area (Å²) in [4.78, 5) is 19.8. The molecule has 1 aliphatic rings. The zero-order valence-electron chi connectivity index (χ0n) is 18.4. The monoisotopic (exact) mass is 447 g/mol. The Labute approximate surface area is 186 Å². The van der Waals surface area contributed by atoms with E-state index < -0.39 is 11.7 Å². The van der Waals surface area contributed by atoms with Crippen molar-refractivity contribution in [2.75, 3.05) is 38.2 Å². The highest BCUT2D eigenvalue weighted by atomic mass is 19.4. The highest BCUT2D eigenvalue weighted by Crippen LogP contribution is 2.37. The van der Waals surface area contributed by atoms with Crippen LogP contribution in [-0.2, 0) is 22.3 Å². The minimum absolute atomic E-state index is 0.261. The average Bonchev–Trinajstić information content (AvgIpc) is 2.78. The van der Waals surface area contributed by atoms with Crippen LogP contribution in [0.3, 0.4) is 0 Å². The van der Waals surface area contributed by atoms with Crippen molar-refractivity contribution in [1.82, 2.24) is 9.88 Å². The molecule has 32 heavy (non-hydrogen) atoms. The number of hydrogen-bond acceptors (Lipinski definition) is 5. The summed E-state index contributed by atoms with van der Waals surface area (Å²) in [6.45, 7) is 4.36. The summed E-state index contributed by atoms with van der Waals surface area (Å²) in [7, 11) is 1.86. The van der Waals surface area contributed by atoms with Crippen molar-refractivity contribution in [3.05, 3.63) is 65.5 Å². The second-order valence-corrected chi connectivity index (χ2v) is 7.80. The number of alkyl halides is 3. The van der Waals surface area contributed by atoms with Crippen LogP contribution in [0.2, 0.25) is 0 Å². The van der Waals surface area contributed by atoms with Crippen LogP contribution < -0.4 is 4.90 Å². The van der Waals surface area contributed by atoms with Crippen molar-refractivity contribution in [3.63, 3.8) is 0 Å². The standard InChI is InChI=1S/C24H28F3N3O2/c1-3-32-23(31)10-13-30-12-5-7-19(17-30)21-14-20(24(25,26)27)8-9-22(21)29(2)16-18-6-4-11-28-15-18/h4,6-9,11,14-15H,3,5,10,12-13,16-17H2,1-2H3. The first kappa shape index (κ1) is 23.8. The number of carbonyl (C=O) groups excluding carboxylic acids is 1. The summed E-state index contributed by atoms with van der Waals surface area (Å²) in [6.07, 6.45) is 1.98. The predicted molar refractivity (Wildman–Crippen MR) is 118 cm³/mol. The van der Waals surface area contributed by atoms with E-state index in [1.165, 1.54) is 12.1 Å². The van der Waals surface area contributed by atoms with Crippen LogP contribution in [-0.4, -0.2) is 49.1 Å². The molecule has 3 rings (SSSR count). The highest BCUT2D eigenvalue weighted by Gasteiger charge is 2.32. The third kappa shape index (κ3) is 6.32. The van der Waals surface area contributed by atoms with E-state index in [9.17, 15) is 18.0 Å². The molecule has 0 amide bonds. The Kier molecular flexibility index (Phi) is 7.90. The van der Waals surface area contributed by atoms with E-state index in [0.29, 0.717) is 38.2 Å². The van der Waals surface area contributed by atoms with Gasteiger partial charge in [0, 0.05) is 56.9 Å². The number of anilines is 1. The number of carbonyl (C=O) groups is 1. The van der Waals surface area contributed by atoms with Gasteiger partial charge >= 0.3 is 12.1 Å². The number of rotatable bonds is 8. The van der Waals surface area contributed by atoms with Gasteiger partial charge in [-0.05, 0) is 48.7 Å². The summed E-state index contributed by atoms with van der Waals surface area (Å²) < 4.78 is 45.4. The molecule has 0 spiro atoms. The molecule has 1 aromatic carbocycles. The van der Waals surface area contributed by atoms with E-state index in [1.807, 2.05) is 30.2 Å². The van der Waals surface area contributed by atoms with Crippen LogP contribution in [0.15, 0.2) is 48.8 Å². The average molecular weight is 448 g/mol. The molecule has 8 heteroatoms. The van der Waals surface area contributed by atoms with Crippen LogP contribution in [0, 0.1) is 0 Å². The normalized spacial score (nSPS) is 14.7. The van der Waals surface area contributed by atoms with Crippen molar-refractivity contribution in [1.29, 1.82) is 0 Å². The quantitative estimate of drug-likeness (QED) is 0.545. The fourth-order valence-corrected chi connectivity index (χ4v) is 3.83. The Bertz CT molecular complexity index is 945. The first-order valence-corrected chi connectivity index (χ1v) is 10.7. The maximum Gasteiger partial charge on any atom is 0.416 e. The lowest BCUT2D eigenvalue weighted by Crippen LogP contribution is -2.32. The van der Waals surface area contributed by atoms with Gasteiger partial charge < -0.3 is 9.64 Å². The van der Waals surface area contributed by atoms with Crippen molar-refractivity contribution >= 4 is 17.2 Å². The van der Waals surface area contributed by atoms with Gasteiger partial charge in [-0.3, -0.25) is 14.7 Å². The Hall–Kier alpha value is -2.87. The van der Waals surface area contributed by atoms with E-state index in [0.717, 1.165) is 29.4 Å². The van der Waals surface area contributed by atoms with Gasteiger partial charge in [0.05, 0.1) is 18.6 Å². The molecular weight excluding hydrogens is 419 g/mol. The van der Waals surface area contributed by atoms with Gasteiger partial charge in [-0.1, -0.05) is 12.1 Å². The van der Waals surface area contributed by atoms with Gasteiger partial charge in [0.1, 0.15) is 0 Å². The molecule has 2 aromatic rings. The van der Waals surface area contributed by atoms with Crippen LogP contribution in [0.4, 0.5) is 18.9 Å². The molecule has 0 bridgehead atoms. The van der Waals surface area contributed by atoms with Crippen molar-refractivity contribution in [3.8, 4) is 0 Å². The van der Waals surface area contributed by atoms with E-state index in [-0.39, 0.29) is 12.4 Å². The van der Waals surface area contributed by atoms with Crippen LogP contribution >= 0.6 is 0 Å². The lowest BCUT2D eigenvalue weighted by atomic mass is 9.96. The molecule has 0 saturated heterocycles. The summed E-state index contributed by atoms with van der Waals surface area (Å²) >= 11 is 0. The topological polar surface area (TPSA) is 45.7 Å². The van der Waals surface area contributed by atoms with Gasteiger partial charge in [0.25, 0.3) is 0 Å². The lowest BCUT2D eigenvalue weighted by Gasteiger charge is -2.30. The molecule has 0 radical (unpaired) electrons. The van der Waals surface area contributed by atoms with Gasteiger partial charge in [-0.25, -0.2) is 0 Å². The second kappa shape index (κ2) is 10.6. The Morgan fingerprint density at radius 1 is 1.28 bits per heavy atom. The number of hydrogen-bond donors (Lipinski definition) is 0.